The van der Waals surface area contributed by atoms with Crippen LogP contribution in [-0.4, -0.2) is 92.2 Å². The highest BCUT2D eigenvalue weighted by molar-refractivity contribution is 7.15. The summed E-state index contributed by atoms with van der Waals surface area (Å²) in [5.41, 5.74) is 6.23. The van der Waals surface area contributed by atoms with Gasteiger partial charge in [-0.3, -0.25) is 14.5 Å². The lowest BCUT2D eigenvalue weighted by Crippen LogP contribution is -2.39. The van der Waals surface area contributed by atoms with E-state index in [-0.39, 0.29) is 11.8 Å². The summed E-state index contributed by atoms with van der Waals surface area (Å²) in [5, 5.41) is 9.42. The highest BCUT2D eigenvalue weighted by Gasteiger charge is 2.19. The molecular formula is C34H48N6O3S. The van der Waals surface area contributed by atoms with Gasteiger partial charge in [0.1, 0.15) is 10.8 Å². The van der Waals surface area contributed by atoms with Gasteiger partial charge in [-0.2, -0.15) is 5.10 Å². The van der Waals surface area contributed by atoms with Gasteiger partial charge in [0.2, 0.25) is 0 Å². The topological polar surface area (TPSA) is 89.5 Å². The number of nitrogens with one attached hydrogen (secondary N) is 2. The molecule has 2 aromatic carbocycles. The van der Waals surface area contributed by atoms with Crippen molar-refractivity contribution >= 4 is 34.4 Å². The Labute approximate surface area is 266 Å². The van der Waals surface area contributed by atoms with Gasteiger partial charge in [-0.1, -0.05) is 39.8 Å². The molecule has 1 heterocycles. The zero-order chi connectivity index (χ0) is 31.9. The number of carbonyl (C=O) groups excluding carboxylic acids is 2. The molecule has 1 aromatic heterocycles. The lowest BCUT2D eigenvalue weighted by Gasteiger charge is -2.29. The van der Waals surface area contributed by atoms with E-state index in [1.807, 2.05) is 54.8 Å². The van der Waals surface area contributed by atoms with Crippen LogP contribution < -0.4 is 15.5 Å². The number of hydrogen-bond donors (Lipinski definition) is 2. The highest BCUT2D eigenvalue weighted by Crippen LogP contribution is 2.28. The molecule has 0 bridgehead atoms. The predicted octanol–water partition coefficient (Wildman–Crippen LogP) is 5.57. The molecule has 0 radical (unpaired) electrons. The third-order valence-corrected chi connectivity index (χ3v) is 8.79. The molecule has 10 heteroatoms. The fourth-order valence-corrected chi connectivity index (χ4v) is 5.83. The monoisotopic (exact) mass is 620 g/mol. The fourth-order valence-electron chi connectivity index (χ4n) is 4.89. The molecule has 0 unspecified atom stereocenters. The molecule has 0 aliphatic heterocycles. The number of rotatable bonds is 18. The Bertz CT molecular complexity index is 1330. The van der Waals surface area contributed by atoms with Crippen molar-refractivity contribution < 1.29 is 14.3 Å². The largest absolute Gasteiger partial charge is 0.497 e. The Morgan fingerprint density at radius 2 is 1.48 bits per heavy atom. The van der Waals surface area contributed by atoms with Crippen LogP contribution in [-0.2, 0) is 6.54 Å². The maximum absolute atomic E-state index is 13.4. The van der Waals surface area contributed by atoms with E-state index < -0.39 is 0 Å². The number of likely N-dealkylation sites (N-methyl/N-ethyl adjacent to an activating group) is 2. The van der Waals surface area contributed by atoms with Crippen molar-refractivity contribution in [2.24, 2.45) is 5.10 Å². The number of carbonyl (C=O) groups is 2. The first-order chi connectivity index (χ1) is 21.3. The number of ether oxygens (including phenoxy) is 1. The van der Waals surface area contributed by atoms with E-state index in [2.05, 4.69) is 64.3 Å². The molecule has 0 aliphatic rings. The summed E-state index contributed by atoms with van der Waals surface area (Å²) in [5.74, 6) is 0.117. The van der Waals surface area contributed by atoms with Crippen LogP contribution >= 0.6 is 11.3 Å². The molecule has 0 saturated carbocycles. The number of amides is 2. The minimum Gasteiger partial charge on any atom is -0.497 e. The van der Waals surface area contributed by atoms with Crippen molar-refractivity contribution in [1.29, 1.82) is 0 Å². The second-order valence-electron chi connectivity index (χ2n) is 10.6. The summed E-state index contributed by atoms with van der Waals surface area (Å²) in [6, 6.07) is 15.1. The minimum atomic E-state index is -0.380. The second-order valence-corrected chi connectivity index (χ2v) is 11.5. The fraction of sp³-hybridized carbons (Fsp3) is 0.441. The molecular weight excluding hydrogens is 572 g/mol. The van der Waals surface area contributed by atoms with Crippen LogP contribution in [0.4, 0.5) is 5.00 Å². The minimum absolute atomic E-state index is 0.248. The van der Waals surface area contributed by atoms with Crippen LogP contribution in [0.3, 0.4) is 0 Å². The lowest BCUT2D eigenvalue weighted by atomic mass is 10.1. The van der Waals surface area contributed by atoms with Crippen LogP contribution in [0.2, 0.25) is 0 Å². The maximum Gasteiger partial charge on any atom is 0.274 e. The number of benzene rings is 2. The van der Waals surface area contributed by atoms with E-state index in [9.17, 15) is 9.59 Å². The third-order valence-electron chi connectivity index (χ3n) is 7.77. The summed E-state index contributed by atoms with van der Waals surface area (Å²) >= 11 is 1.33. The molecule has 3 aromatic rings. The van der Waals surface area contributed by atoms with Gasteiger partial charge in [-0.25, -0.2) is 5.43 Å². The molecule has 2 amide bonds. The van der Waals surface area contributed by atoms with E-state index in [0.29, 0.717) is 16.1 Å². The molecule has 2 N–H and O–H groups in total. The predicted molar refractivity (Wildman–Crippen MR) is 182 cm³/mol. The van der Waals surface area contributed by atoms with Gasteiger partial charge < -0.3 is 19.9 Å². The second kappa shape index (κ2) is 18.3. The number of hydrazone groups is 1. The summed E-state index contributed by atoms with van der Waals surface area (Å²) in [6.45, 7) is 19.5. The van der Waals surface area contributed by atoms with E-state index in [0.717, 1.165) is 81.3 Å². The Morgan fingerprint density at radius 3 is 2.07 bits per heavy atom. The summed E-state index contributed by atoms with van der Waals surface area (Å²) in [7, 11) is 1.61. The van der Waals surface area contributed by atoms with Gasteiger partial charge in [0, 0.05) is 38.3 Å². The first-order valence-corrected chi connectivity index (χ1v) is 16.3. The molecule has 0 spiro atoms. The Morgan fingerprint density at radius 1 is 0.864 bits per heavy atom. The van der Waals surface area contributed by atoms with E-state index in [1.165, 1.54) is 11.3 Å². The highest BCUT2D eigenvalue weighted by atomic mass is 32.1. The molecule has 0 fully saturated rings. The number of nitrogens with zero attached hydrogens (tertiary/aromatic N) is 4. The van der Waals surface area contributed by atoms with Crippen LogP contribution in [0, 0.1) is 6.92 Å². The first-order valence-electron chi connectivity index (χ1n) is 15.4. The van der Waals surface area contributed by atoms with Crippen molar-refractivity contribution in [3.63, 3.8) is 0 Å². The van der Waals surface area contributed by atoms with Crippen LogP contribution in [0.25, 0.3) is 0 Å². The number of thiophene rings is 1. The van der Waals surface area contributed by atoms with Crippen molar-refractivity contribution in [1.82, 2.24) is 20.1 Å². The average Bonchev–Trinajstić information content (AvgIpc) is 3.41. The zero-order valence-electron chi connectivity index (χ0n) is 27.1. The van der Waals surface area contributed by atoms with Gasteiger partial charge in [-0.05, 0) is 91.6 Å². The number of methoxy groups -OCH3 is 1. The van der Waals surface area contributed by atoms with Gasteiger partial charge >= 0.3 is 0 Å². The molecule has 238 valence electrons. The number of hydrogen-bond acceptors (Lipinski definition) is 8. The van der Waals surface area contributed by atoms with Crippen molar-refractivity contribution in [3.8, 4) is 5.75 Å². The molecule has 3 rings (SSSR count). The molecule has 0 atom stereocenters. The van der Waals surface area contributed by atoms with Crippen LogP contribution in [0.5, 0.6) is 5.75 Å². The quantitative estimate of drug-likeness (QED) is 0.143. The summed E-state index contributed by atoms with van der Waals surface area (Å²) in [4.78, 5) is 33.8. The molecule has 9 nitrogen and oxygen atoms in total. The average molecular weight is 621 g/mol. The first kappa shape index (κ1) is 34.9. The molecule has 0 aliphatic carbocycles. The van der Waals surface area contributed by atoms with Crippen molar-refractivity contribution in [2.75, 3.05) is 64.8 Å². The Hall–Kier alpha value is -3.57. The SMILES string of the molecule is CCN(CC)CCN(CCN(CC)CC)Cc1cccc(C(=O)Nc2scc(C)c2C(=O)N/N=C/c2ccc(OC)cc2)c1. The Kier molecular flexibility index (Phi) is 14.5. The normalized spacial score (nSPS) is 11.6. The van der Waals surface area contributed by atoms with Crippen molar-refractivity contribution in [3.05, 3.63) is 81.7 Å². The van der Waals surface area contributed by atoms with E-state index in [4.69, 9.17) is 4.74 Å². The van der Waals surface area contributed by atoms with Gasteiger partial charge in [0.15, 0.2) is 0 Å². The molecule has 44 heavy (non-hydrogen) atoms. The third kappa shape index (κ3) is 10.6. The van der Waals surface area contributed by atoms with Gasteiger partial charge in [0.05, 0.1) is 18.9 Å². The maximum atomic E-state index is 13.4. The standard InChI is InChI=1S/C34H48N6O3S/c1-7-38(8-2)18-20-40(21-19-39(9-3)10-4)24-28-12-11-13-29(22-28)32(41)36-34-31(26(5)25-44-34)33(42)37-35-23-27-14-16-30(43-6)17-15-27/h11-17,22-23,25H,7-10,18-21,24H2,1-6H3,(H,36,41)(H,37,42)/b35-23+. The van der Waals surface area contributed by atoms with Gasteiger partial charge in [-0.15, -0.1) is 11.3 Å². The summed E-state index contributed by atoms with van der Waals surface area (Å²) in [6.07, 6.45) is 1.57. The van der Waals surface area contributed by atoms with Crippen molar-refractivity contribution in [2.45, 2.75) is 41.2 Å². The van der Waals surface area contributed by atoms with Crippen LogP contribution in [0.15, 0.2) is 59.0 Å². The van der Waals surface area contributed by atoms with E-state index >= 15 is 0 Å². The summed E-state index contributed by atoms with van der Waals surface area (Å²) < 4.78 is 5.17. The van der Waals surface area contributed by atoms with Gasteiger partial charge in [0.25, 0.3) is 11.8 Å². The zero-order valence-corrected chi connectivity index (χ0v) is 27.9. The number of anilines is 1. The van der Waals surface area contributed by atoms with E-state index in [1.54, 1.807) is 13.3 Å². The van der Waals surface area contributed by atoms with Crippen LogP contribution in [0.1, 0.15) is 65.1 Å². The Balaban J connectivity index is 1.67. The number of aryl methyl sites for hydroxylation is 1. The molecule has 0 saturated heterocycles. The lowest BCUT2D eigenvalue weighted by molar-refractivity contribution is 0.0956. The smallest absolute Gasteiger partial charge is 0.274 e.